The highest BCUT2D eigenvalue weighted by Crippen LogP contribution is 2.28. The predicted molar refractivity (Wildman–Crippen MR) is 63.5 cm³/mol. The summed E-state index contributed by atoms with van der Waals surface area (Å²) in [6.07, 6.45) is 4.04. The van der Waals surface area contributed by atoms with E-state index in [0.717, 1.165) is 24.7 Å². The number of aromatic nitrogens is 2. The fourth-order valence-electron chi connectivity index (χ4n) is 1.80. The van der Waals surface area contributed by atoms with Crippen LogP contribution < -0.4 is 0 Å². The van der Waals surface area contributed by atoms with Crippen LogP contribution in [0.25, 0.3) is 0 Å². The van der Waals surface area contributed by atoms with Crippen LogP contribution in [0, 0.1) is 6.92 Å². The zero-order valence-corrected chi connectivity index (χ0v) is 10.6. The quantitative estimate of drug-likeness (QED) is 0.794. The summed E-state index contributed by atoms with van der Waals surface area (Å²) in [5.74, 6) is 2.53. The maximum absolute atomic E-state index is 5.58. The summed E-state index contributed by atoms with van der Waals surface area (Å²) >= 11 is 1.85. The molecule has 1 aliphatic heterocycles. The second kappa shape index (κ2) is 5.68. The molecule has 0 aromatic carbocycles. The van der Waals surface area contributed by atoms with E-state index in [1.165, 1.54) is 12.8 Å². The van der Waals surface area contributed by atoms with Crippen molar-refractivity contribution in [3.63, 3.8) is 0 Å². The maximum atomic E-state index is 5.58. The standard InChI is InChI=1S/C11H18N2O2S/c1-8(11-12-9(2)13-15-11)16-7-5-10-4-3-6-14-10/h8,10H,3-7H2,1-2H3/t8-,10+/m0/s1. The third-order valence-corrected chi connectivity index (χ3v) is 3.90. The Hall–Kier alpha value is -0.550. The lowest BCUT2D eigenvalue weighted by molar-refractivity contribution is 0.109. The Morgan fingerprint density at radius 1 is 1.56 bits per heavy atom. The number of nitrogens with zero attached hydrogens (tertiary/aromatic N) is 2. The Labute approximate surface area is 100 Å². The Kier molecular flexibility index (Phi) is 4.23. The summed E-state index contributed by atoms with van der Waals surface area (Å²) in [5.41, 5.74) is 0. The van der Waals surface area contributed by atoms with Crippen molar-refractivity contribution in [2.45, 2.75) is 44.5 Å². The molecular formula is C11H18N2O2S. The van der Waals surface area contributed by atoms with Gasteiger partial charge in [0.15, 0.2) is 5.82 Å². The molecule has 90 valence electrons. The van der Waals surface area contributed by atoms with Crippen molar-refractivity contribution in [3.8, 4) is 0 Å². The van der Waals surface area contributed by atoms with Crippen LogP contribution in [0.3, 0.4) is 0 Å². The third-order valence-electron chi connectivity index (χ3n) is 2.72. The van der Waals surface area contributed by atoms with E-state index in [1.807, 2.05) is 18.7 Å². The van der Waals surface area contributed by atoms with Gasteiger partial charge in [-0.3, -0.25) is 0 Å². The second-order valence-corrected chi connectivity index (χ2v) is 5.57. The van der Waals surface area contributed by atoms with Crippen LogP contribution in [0.4, 0.5) is 0 Å². The van der Waals surface area contributed by atoms with E-state index >= 15 is 0 Å². The monoisotopic (exact) mass is 242 g/mol. The molecule has 1 aromatic heterocycles. The fraction of sp³-hybridized carbons (Fsp3) is 0.818. The average Bonchev–Trinajstić information content (AvgIpc) is 2.89. The van der Waals surface area contributed by atoms with Crippen LogP contribution in [0.1, 0.15) is 43.2 Å². The van der Waals surface area contributed by atoms with Gasteiger partial charge in [0.1, 0.15) is 0 Å². The lowest BCUT2D eigenvalue weighted by atomic mass is 10.2. The summed E-state index contributed by atoms with van der Waals surface area (Å²) in [5, 5.41) is 4.08. The minimum atomic E-state index is 0.280. The van der Waals surface area contributed by atoms with E-state index in [9.17, 15) is 0 Å². The molecule has 1 fully saturated rings. The van der Waals surface area contributed by atoms with Crippen molar-refractivity contribution in [1.29, 1.82) is 0 Å². The molecule has 0 N–H and O–H groups in total. The number of thioether (sulfide) groups is 1. The highest BCUT2D eigenvalue weighted by atomic mass is 32.2. The van der Waals surface area contributed by atoms with Gasteiger partial charge in [-0.2, -0.15) is 4.98 Å². The van der Waals surface area contributed by atoms with E-state index in [0.29, 0.717) is 11.9 Å². The van der Waals surface area contributed by atoms with Gasteiger partial charge in [0.25, 0.3) is 0 Å². The summed E-state index contributed by atoms with van der Waals surface area (Å²) in [4.78, 5) is 4.23. The molecule has 2 rings (SSSR count). The SMILES string of the molecule is Cc1noc([C@H](C)SCC[C@H]2CCCO2)n1. The highest BCUT2D eigenvalue weighted by Gasteiger charge is 2.17. The van der Waals surface area contributed by atoms with Crippen molar-refractivity contribution in [3.05, 3.63) is 11.7 Å². The zero-order valence-electron chi connectivity index (χ0n) is 9.81. The van der Waals surface area contributed by atoms with Crippen LogP contribution in [-0.4, -0.2) is 28.6 Å². The highest BCUT2D eigenvalue weighted by molar-refractivity contribution is 7.99. The summed E-state index contributed by atoms with van der Waals surface area (Å²) in [6.45, 7) is 4.89. The predicted octanol–water partition coefficient (Wildman–Crippen LogP) is 2.74. The molecule has 5 heteroatoms. The first-order chi connectivity index (χ1) is 7.75. The third kappa shape index (κ3) is 3.22. The summed E-state index contributed by atoms with van der Waals surface area (Å²) < 4.78 is 10.7. The summed E-state index contributed by atoms with van der Waals surface area (Å²) in [7, 11) is 0. The van der Waals surface area contributed by atoms with Gasteiger partial charge in [-0.15, -0.1) is 11.8 Å². The molecule has 1 saturated heterocycles. The smallest absolute Gasteiger partial charge is 0.239 e. The molecule has 0 unspecified atom stereocenters. The number of aryl methyl sites for hydroxylation is 1. The maximum Gasteiger partial charge on any atom is 0.239 e. The Morgan fingerprint density at radius 2 is 2.44 bits per heavy atom. The topological polar surface area (TPSA) is 48.2 Å². The van der Waals surface area contributed by atoms with Crippen molar-refractivity contribution in [2.24, 2.45) is 0 Å². The lowest BCUT2D eigenvalue weighted by Crippen LogP contribution is -2.06. The van der Waals surface area contributed by atoms with Crippen LogP contribution in [0.2, 0.25) is 0 Å². The van der Waals surface area contributed by atoms with Crippen LogP contribution in [0.15, 0.2) is 4.52 Å². The number of hydrogen-bond acceptors (Lipinski definition) is 5. The molecule has 16 heavy (non-hydrogen) atoms. The molecule has 2 atom stereocenters. The molecule has 2 heterocycles. The van der Waals surface area contributed by atoms with E-state index in [-0.39, 0.29) is 5.25 Å². The first kappa shape index (κ1) is 11.9. The van der Waals surface area contributed by atoms with Crippen molar-refractivity contribution in [2.75, 3.05) is 12.4 Å². The van der Waals surface area contributed by atoms with E-state index in [2.05, 4.69) is 17.1 Å². The second-order valence-electron chi connectivity index (χ2n) is 4.12. The van der Waals surface area contributed by atoms with Crippen LogP contribution in [0.5, 0.6) is 0 Å². The Bertz CT molecular complexity index is 324. The Balaban J connectivity index is 1.69. The molecule has 1 aromatic rings. The van der Waals surface area contributed by atoms with Gasteiger partial charge >= 0.3 is 0 Å². The molecule has 0 bridgehead atoms. The molecule has 0 saturated carbocycles. The number of hydrogen-bond donors (Lipinski definition) is 0. The first-order valence-corrected chi connectivity index (χ1v) is 6.84. The van der Waals surface area contributed by atoms with Gasteiger partial charge in [0, 0.05) is 6.61 Å². The van der Waals surface area contributed by atoms with Gasteiger partial charge in [-0.25, -0.2) is 0 Å². The lowest BCUT2D eigenvalue weighted by Gasteiger charge is -2.10. The first-order valence-electron chi connectivity index (χ1n) is 5.79. The fourth-order valence-corrected chi connectivity index (χ4v) is 2.79. The minimum absolute atomic E-state index is 0.280. The number of ether oxygens (including phenoxy) is 1. The summed E-state index contributed by atoms with van der Waals surface area (Å²) in [6, 6.07) is 0. The molecule has 0 aliphatic carbocycles. The molecular weight excluding hydrogens is 224 g/mol. The van der Waals surface area contributed by atoms with E-state index in [4.69, 9.17) is 9.26 Å². The largest absolute Gasteiger partial charge is 0.378 e. The van der Waals surface area contributed by atoms with Gasteiger partial charge < -0.3 is 9.26 Å². The normalized spacial score (nSPS) is 22.5. The molecule has 0 spiro atoms. The Morgan fingerprint density at radius 3 is 3.06 bits per heavy atom. The zero-order chi connectivity index (χ0) is 11.4. The number of rotatable bonds is 5. The van der Waals surface area contributed by atoms with E-state index in [1.54, 1.807) is 0 Å². The van der Waals surface area contributed by atoms with Crippen molar-refractivity contribution >= 4 is 11.8 Å². The molecule has 0 radical (unpaired) electrons. The van der Waals surface area contributed by atoms with Crippen molar-refractivity contribution in [1.82, 2.24) is 10.1 Å². The van der Waals surface area contributed by atoms with Crippen molar-refractivity contribution < 1.29 is 9.26 Å². The van der Waals surface area contributed by atoms with Crippen LogP contribution >= 0.6 is 11.8 Å². The van der Waals surface area contributed by atoms with Crippen LogP contribution in [-0.2, 0) is 4.74 Å². The molecule has 0 amide bonds. The molecule has 1 aliphatic rings. The minimum Gasteiger partial charge on any atom is -0.378 e. The van der Waals surface area contributed by atoms with Gasteiger partial charge in [0.2, 0.25) is 5.89 Å². The molecule has 4 nitrogen and oxygen atoms in total. The van der Waals surface area contributed by atoms with Gasteiger partial charge in [0.05, 0.1) is 11.4 Å². The average molecular weight is 242 g/mol. The van der Waals surface area contributed by atoms with E-state index < -0.39 is 0 Å². The van der Waals surface area contributed by atoms with Gasteiger partial charge in [-0.1, -0.05) is 5.16 Å². The van der Waals surface area contributed by atoms with Gasteiger partial charge in [-0.05, 0) is 38.9 Å².